The molecule has 1 amide bonds. The number of hydrogen-bond donors (Lipinski definition) is 1. The molecule has 0 bridgehead atoms. The molecule has 6 heteroatoms. The Bertz CT molecular complexity index is 786. The molecule has 1 N–H and O–H groups in total. The average Bonchev–Trinajstić information content (AvgIpc) is 2.78. The zero-order chi connectivity index (χ0) is 20.3. The molecule has 1 saturated heterocycles. The van der Waals surface area contributed by atoms with E-state index < -0.39 is 0 Å². The van der Waals surface area contributed by atoms with Crippen molar-refractivity contribution in [3.63, 3.8) is 0 Å². The zero-order valence-electron chi connectivity index (χ0n) is 17.1. The molecule has 0 radical (unpaired) electrons. The Morgan fingerprint density at radius 1 is 1.17 bits per heavy atom. The van der Waals surface area contributed by atoms with Gasteiger partial charge in [0.05, 0.1) is 0 Å². The molecule has 1 aromatic carbocycles. The average molecular weight is 395 g/mol. The van der Waals surface area contributed by atoms with E-state index in [-0.39, 0.29) is 5.91 Å². The van der Waals surface area contributed by atoms with E-state index in [1.165, 1.54) is 5.56 Å². The summed E-state index contributed by atoms with van der Waals surface area (Å²) in [4.78, 5) is 21.4. The van der Waals surface area contributed by atoms with Gasteiger partial charge in [0.1, 0.15) is 5.69 Å². The van der Waals surface area contributed by atoms with Crippen LogP contribution in [0.3, 0.4) is 0 Å². The lowest BCUT2D eigenvalue weighted by molar-refractivity contribution is 0.0644. The van der Waals surface area contributed by atoms with Gasteiger partial charge < -0.3 is 15.0 Å². The van der Waals surface area contributed by atoms with Crippen LogP contribution in [0.5, 0.6) is 0 Å². The number of nitrogens with zero attached hydrogens (tertiary/aromatic N) is 3. The number of hydrogen-bond acceptors (Lipinski definition) is 5. The van der Waals surface area contributed by atoms with Crippen LogP contribution in [0.4, 0.5) is 5.69 Å². The molecule has 6 nitrogen and oxygen atoms in total. The Labute approximate surface area is 173 Å². The Kier molecular flexibility index (Phi) is 8.22. The number of amides is 1. The van der Waals surface area contributed by atoms with Gasteiger partial charge in [-0.25, -0.2) is 0 Å². The number of methoxy groups -OCH3 is 1. The summed E-state index contributed by atoms with van der Waals surface area (Å²) in [5.74, 6) is 0.00465. The highest BCUT2D eigenvalue weighted by Crippen LogP contribution is 2.12. The van der Waals surface area contributed by atoms with E-state index >= 15 is 0 Å². The summed E-state index contributed by atoms with van der Waals surface area (Å²) >= 11 is 0. The van der Waals surface area contributed by atoms with Crippen LogP contribution in [0.15, 0.2) is 54.7 Å². The van der Waals surface area contributed by atoms with Gasteiger partial charge in [0.15, 0.2) is 0 Å². The second-order valence-corrected chi connectivity index (χ2v) is 7.11. The number of carbonyl (C=O) groups is 1. The summed E-state index contributed by atoms with van der Waals surface area (Å²) in [5, 5.41) is 3.31. The molecular formula is C23H30N4O2. The van der Waals surface area contributed by atoms with E-state index in [0.717, 1.165) is 51.4 Å². The van der Waals surface area contributed by atoms with E-state index in [4.69, 9.17) is 4.74 Å². The molecule has 3 rings (SSSR count). The molecule has 0 unspecified atom stereocenters. The van der Waals surface area contributed by atoms with Crippen molar-refractivity contribution in [3.05, 3.63) is 66.0 Å². The SMILES string of the molecule is COCCCNc1ccnc(C(=O)N2CCN(C/C=C/c3ccccc3)CC2)c1. The number of nitrogens with one attached hydrogen (secondary N) is 1. The zero-order valence-corrected chi connectivity index (χ0v) is 17.1. The molecule has 1 fully saturated rings. The van der Waals surface area contributed by atoms with Crippen molar-refractivity contribution in [1.82, 2.24) is 14.8 Å². The monoisotopic (exact) mass is 394 g/mol. The second kappa shape index (κ2) is 11.3. The molecule has 154 valence electrons. The predicted octanol–water partition coefficient (Wildman–Crippen LogP) is 3.00. The Balaban J connectivity index is 1.45. The van der Waals surface area contributed by atoms with Crippen LogP contribution in [0.2, 0.25) is 0 Å². The molecule has 1 aliphatic rings. The van der Waals surface area contributed by atoms with Gasteiger partial charge in [0, 0.05) is 64.9 Å². The maximum atomic E-state index is 12.8. The number of pyridine rings is 1. The van der Waals surface area contributed by atoms with Crippen LogP contribution >= 0.6 is 0 Å². The fourth-order valence-corrected chi connectivity index (χ4v) is 3.30. The first-order valence-corrected chi connectivity index (χ1v) is 10.2. The third-order valence-corrected chi connectivity index (χ3v) is 4.97. The number of piperazine rings is 1. The Morgan fingerprint density at radius 3 is 2.72 bits per heavy atom. The smallest absolute Gasteiger partial charge is 0.272 e. The summed E-state index contributed by atoms with van der Waals surface area (Å²) in [6.45, 7) is 5.63. The lowest BCUT2D eigenvalue weighted by Gasteiger charge is -2.34. The lowest BCUT2D eigenvalue weighted by atomic mass is 10.2. The van der Waals surface area contributed by atoms with Gasteiger partial charge in [-0.15, -0.1) is 0 Å². The van der Waals surface area contributed by atoms with E-state index in [0.29, 0.717) is 12.3 Å². The highest BCUT2D eigenvalue weighted by atomic mass is 16.5. The van der Waals surface area contributed by atoms with Crippen LogP contribution in [-0.2, 0) is 4.74 Å². The minimum atomic E-state index is 0.00465. The highest BCUT2D eigenvalue weighted by molar-refractivity contribution is 5.93. The van der Waals surface area contributed by atoms with Crippen molar-refractivity contribution in [2.75, 3.05) is 58.3 Å². The van der Waals surface area contributed by atoms with Gasteiger partial charge in [0.25, 0.3) is 5.91 Å². The fraction of sp³-hybridized carbons (Fsp3) is 0.391. The number of anilines is 1. The normalized spacial score (nSPS) is 15.0. The van der Waals surface area contributed by atoms with Crippen molar-refractivity contribution in [1.29, 1.82) is 0 Å². The molecule has 2 aromatic rings. The number of ether oxygens (including phenoxy) is 1. The van der Waals surface area contributed by atoms with Gasteiger partial charge >= 0.3 is 0 Å². The number of carbonyl (C=O) groups excluding carboxylic acids is 1. The first-order chi connectivity index (χ1) is 14.3. The van der Waals surface area contributed by atoms with Crippen molar-refractivity contribution in [3.8, 4) is 0 Å². The third kappa shape index (κ3) is 6.69. The predicted molar refractivity (Wildman–Crippen MR) is 117 cm³/mol. The Morgan fingerprint density at radius 2 is 1.97 bits per heavy atom. The summed E-state index contributed by atoms with van der Waals surface area (Å²) in [6.07, 6.45) is 6.94. The van der Waals surface area contributed by atoms with Crippen LogP contribution in [0.1, 0.15) is 22.5 Å². The molecule has 1 aromatic heterocycles. The molecule has 1 aliphatic heterocycles. The molecular weight excluding hydrogens is 364 g/mol. The second-order valence-electron chi connectivity index (χ2n) is 7.11. The molecule has 0 saturated carbocycles. The summed E-state index contributed by atoms with van der Waals surface area (Å²) < 4.78 is 5.06. The molecule has 2 heterocycles. The van der Waals surface area contributed by atoms with Gasteiger partial charge in [-0.3, -0.25) is 14.7 Å². The van der Waals surface area contributed by atoms with Gasteiger partial charge in [-0.1, -0.05) is 42.5 Å². The van der Waals surface area contributed by atoms with E-state index in [2.05, 4.69) is 39.5 Å². The van der Waals surface area contributed by atoms with Crippen LogP contribution in [0.25, 0.3) is 6.08 Å². The van der Waals surface area contributed by atoms with Crippen molar-refractivity contribution in [2.45, 2.75) is 6.42 Å². The topological polar surface area (TPSA) is 57.7 Å². The van der Waals surface area contributed by atoms with E-state index in [1.54, 1.807) is 13.3 Å². The van der Waals surface area contributed by atoms with E-state index in [1.807, 2.05) is 35.2 Å². The van der Waals surface area contributed by atoms with Crippen LogP contribution in [0, 0.1) is 0 Å². The summed E-state index contributed by atoms with van der Waals surface area (Å²) in [6, 6.07) is 14.0. The molecule has 0 spiro atoms. The summed E-state index contributed by atoms with van der Waals surface area (Å²) in [5.41, 5.74) is 2.63. The van der Waals surface area contributed by atoms with Gasteiger partial charge in [-0.05, 0) is 24.1 Å². The minimum absolute atomic E-state index is 0.00465. The van der Waals surface area contributed by atoms with Gasteiger partial charge in [-0.2, -0.15) is 0 Å². The number of benzene rings is 1. The van der Waals surface area contributed by atoms with Crippen molar-refractivity contribution < 1.29 is 9.53 Å². The maximum Gasteiger partial charge on any atom is 0.272 e. The quantitative estimate of drug-likeness (QED) is 0.663. The largest absolute Gasteiger partial charge is 0.385 e. The lowest BCUT2D eigenvalue weighted by Crippen LogP contribution is -2.48. The maximum absolute atomic E-state index is 12.8. The first-order valence-electron chi connectivity index (χ1n) is 10.2. The van der Waals surface area contributed by atoms with Gasteiger partial charge in [0.2, 0.25) is 0 Å². The van der Waals surface area contributed by atoms with E-state index in [9.17, 15) is 4.79 Å². The van der Waals surface area contributed by atoms with Crippen molar-refractivity contribution >= 4 is 17.7 Å². The number of rotatable bonds is 9. The first kappa shape index (κ1) is 21.0. The molecule has 0 atom stereocenters. The standard InChI is InChI=1S/C23H30N4O2/c1-29-18-6-11-24-21-10-12-25-22(19-21)23(28)27-16-14-26(15-17-27)13-5-9-20-7-3-2-4-8-20/h2-5,7-10,12,19H,6,11,13-18H2,1H3,(H,24,25)/b9-5+. The Hall–Kier alpha value is -2.70. The van der Waals surface area contributed by atoms with Crippen molar-refractivity contribution in [2.24, 2.45) is 0 Å². The number of aromatic nitrogens is 1. The summed E-state index contributed by atoms with van der Waals surface area (Å²) in [7, 11) is 1.70. The highest BCUT2D eigenvalue weighted by Gasteiger charge is 2.22. The molecule has 0 aliphatic carbocycles. The minimum Gasteiger partial charge on any atom is -0.385 e. The van der Waals surface area contributed by atoms with Crippen LogP contribution < -0.4 is 5.32 Å². The molecule has 29 heavy (non-hydrogen) atoms. The third-order valence-electron chi connectivity index (χ3n) is 4.97. The fourth-order valence-electron chi connectivity index (χ4n) is 3.30. The van der Waals surface area contributed by atoms with Crippen LogP contribution in [-0.4, -0.2) is 73.7 Å².